The monoisotopic (exact) mass is 441 g/mol. The lowest BCUT2D eigenvalue weighted by Crippen LogP contribution is -2.10. The molecule has 0 radical (unpaired) electrons. The van der Waals surface area contributed by atoms with Crippen LogP contribution in [0.15, 0.2) is 66.7 Å². The Labute approximate surface area is 181 Å². The molecule has 8 heteroatoms. The van der Waals surface area contributed by atoms with E-state index in [9.17, 15) is 14.7 Å². The molecule has 0 aromatic heterocycles. The van der Waals surface area contributed by atoms with Crippen LogP contribution in [0, 0.1) is 30.9 Å². The summed E-state index contributed by atoms with van der Waals surface area (Å²) in [5.74, 6) is 0.275. The van der Waals surface area contributed by atoms with Crippen LogP contribution in [-0.2, 0) is 15.9 Å². The van der Waals surface area contributed by atoms with Gasteiger partial charge in [0.1, 0.15) is 5.75 Å². The summed E-state index contributed by atoms with van der Waals surface area (Å²) in [5.41, 5.74) is 2.87. The summed E-state index contributed by atoms with van der Waals surface area (Å²) in [5, 5.41) is 11.5. The summed E-state index contributed by atoms with van der Waals surface area (Å²) in [6.45, 7) is 5.61. The number of ether oxygens (including phenoxy) is 1. The van der Waals surface area contributed by atoms with Gasteiger partial charge in [-0.1, -0.05) is 60.2 Å². The van der Waals surface area contributed by atoms with E-state index in [0.717, 1.165) is 16.7 Å². The summed E-state index contributed by atoms with van der Waals surface area (Å²) >= 11 is 0. The van der Waals surface area contributed by atoms with E-state index in [0.29, 0.717) is 11.3 Å². The molecule has 3 aromatic carbocycles. The summed E-state index contributed by atoms with van der Waals surface area (Å²) in [7, 11) is -3.96. The van der Waals surface area contributed by atoms with Crippen LogP contribution in [0.3, 0.4) is 0 Å². The maximum atomic E-state index is 13.7. The molecule has 0 aliphatic heterocycles. The van der Waals surface area contributed by atoms with Gasteiger partial charge in [0.15, 0.2) is 6.35 Å². The van der Waals surface area contributed by atoms with Crippen molar-refractivity contribution in [2.24, 2.45) is 0 Å². The smallest absolute Gasteiger partial charge is 0.414 e. The highest BCUT2D eigenvalue weighted by Gasteiger charge is 2.33. The van der Waals surface area contributed by atoms with Crippen molar-refractivity contribution in [1.82, 2.24) is 0 Å². The zero-order valence-electron chi connectivity index (χ0n) is 17.6. The molecular weight excluding hydrogens is 417 g/mol. The van der Waals surface area contributed by atoms with Gasteiger partial charge in [-0.2, -0.15) is 0 Å². The molecule has 1 atom stereocenters. The van der Waals surface area contributed by atoms with E-state index in [1.165, 1.54) is 6.07 Å². The van der Waals surface area contributed by atoms with Crippen molar-refractivity contribution >= 4 is 13.3 Å². The first-order valence-corrected chi connectivity index (χ1v) is 11.4. The van der Waals surface area contributed by atoms with Crippen molar-refractivity contribution in [1.29, 1.82) is 0 Å². The van der Waals surface area contributed by atoms with E-state index in [1.807, 2.05) is 56.3 Å². The fraction of sp³-hybridized carbons (Fsp3) is 0.217. The van der Waals surface area contributed by atoms with Crippen LogP contribution in [0.4, 0.5) is 5.69 Å². The van der Waals surface area contributed by atoms with Crippen LogP contribution >= 0.6 is 7.60 Å². The minimum Gasteiger partial charge on any atom is -0.414 e. The highest BCUT2D eigenvalue weighted by atomic mass is 31.2. The first-order chi connectivity index (χ1) is 14.8. The third-order valence-electron chi connectivity index (χ3n) is 4.55. The number of para-hydroxylation sites is 1. The molecule has 0 amide bonds. The lowest BCUT2D eigenvalue weighted by Gasteiger charge is -2.22. The van der Waals surface area contributed by atoms with Crippen LogP contribution in [-0.4, -0.2) is 11.3 Å². The van der Waals surface area contributed by atoms with Crippen molar-refractivity contribution in [2.75, 3.05) is 6.35 Å². The van der Waals surface area contributed by atoms with Crippen LogP contribution in [0.5, 0.6) is 11.5 Å². The Morgan fingerprint density at radius 2 is 1.65 bits per heavy atom. The number of hydrogen-bond acceptors (Lipinski definition) is 6. The minimum absolute atomic E-state index is 0.0936. The first kappa shape index (κ1) is 22.5. The zero-order chi connectivity index (χ0) is 22.4. The average molecular weight is 441 g/mol. The van der Waals surface area contributed by atoms with Gasteiger partial charge in [0.05, 0.1) is 11.5 Å². The van der Waals surface area contributed by atoms with E-state index in [-0.39, 0.29) is 24.4 Å². The topological polar surface area (TPSA) is 87.9 Å². The SMILES string of the molecule is Cc1ccc(O[P@](=O)(COCc2ccccc2)Oc2c(C)cccc2[N+](=O)[O-])c(C)c1. The Morgan fingerprint density at radius 3 is 2.32 bits per heavy atom. The molecule has 0 saturated carbocycles. The van der Waals surface area contributed by atoms with Gasteiger partial charge >= 0.3 is 13.3 Å². The van der Waals surface area contributed by atoms with Crippen LogP contribution in [0.25, 0.3) is 0 Å². The third-order valence-corrected chi connectivity index (χ3v) is 5.98. The summed E-state index contributed by atoms with van der Waals surface area (Å²) in [6, 6.07) is 19.3. The molecular formula is C23H24NO6P. The first-order valence-electron chi connectivity index (χ1n) is 9.68. The zero-order valence-corrected chi connectivity index (χ0v) is 18.5. The molecule has 31 heavy (non-hydrogen) atoms. The molecule has 0 aliphatic rings. The molecule has 0 bridgehead atoms. The number of aryl methyl sites for hydroxylation is 3. The quantitative estimate of drug-likeness (QED) is 0.219. The summed E-state index contributed by atoms with van der Waals surface area (Å²) in [6.07, 6.45) is -0.374. The van der Waals surface area contributed by atoms with E-state index in [4.69, 9.17) is 13.8 Å². The van der Waals surface area contributed by atoms with Gasteiger partial charge in [0, 0.05) is 6.07 Å². The number of rotatable bonds is 9. The van der Waals surface area contributed by atoms with Gasteiger partial charge in [-0.05, 0) is 43.5 Å². The standard InChI is InChI=1S/C23H24NO6P/c1-17-12-13-22(19(3)14-17)29-31(27,16-28-15-20-9-5-4-6-10-20)30-23-18(2)8-7-11-21(23)24(25)26/h4-14H,15-16H2,1-3H3/t31-/m1/s1. The molecule has 0 unspecified atom stereocenters. The molecule has 7 nitrogen and oxygen atoms in total. The van der Waals surface area contributed by atoms with Crippen molar-refractivity contribution in [2.45, 2.75) is 27.4 Å². The molecule has 0 aliphatic carbocycles. The Morgan fingerprint density at radius 1 is 0.903 bits per heavy atom. The second-order valence-electron chi connectivity index (χ2n) is 7.21. The van der Waals surface area contributed by atoms with Gasteiger partial charge in [0.2, 0.25) is 5.75 Å². The van der Waals surface area contributed by atoms with Crippen molar-refractivity contribution in [3.8, 4) is 11.5 Å². The lowest BCUT2D eigenvalue weighted by molar-refractivity contribution is -0.385. The van der Waals surface area contributed by atoms with E-state index in [2.05, 4.69) is 0 Å². The van der Waals surface area contributed by atoms with Gasteiger partial charge in [0.25, 0.3) is 0 Å². The lowest BCUT2D eigenvalue weighted by atomic mass is 10.1. The Bertz CT molecular complexity index is 1120. The fourth-order valence-corrected chi connectivity index (χ4v) is 4.49. The third kappa shape index (κ3) is 5.94. The highest BCUT2D eigenvalue weighted by Crippen LogP contribution is 2.52. The Balaban J connectivity index is 1.90. The van der Waals surface area contributed by atoms with Crippen molar-refractivity contribution in [3.63, 3.8) is 0 Å². The molecule has 162 valence electrons. The molecule has 0 fully saturated rings. The van der Waals surface area contributed by atoms with Gasteiger partial charge in [-0.25, -0.2) is 4.57 Å². The van der Waals surface area contributed by atoms with Crippen LogP contribution < -0.4 is 9.05 Å². The Hall–Kier alpha value is -3.15. The minimum atomic E-state index is -3.96. The van der Waals surface area contributed by atoms with E-state index < -0.39 is 12.5 Å². The largest absolute Gasteiger partial charge is 0.456 e. The van der Waals surface area contributed by atoms with Crippen molar-refractivity contribution in [3.05, 3.63) is 99.1 Å². The average Bonchev–Trinajstić information content (AvgIpc) is 2.72. The van der Waals surface area contributed by atoms with E-state index in [1.54, 1.807) is 25.1 Å². The molecule has 3 aromatic rings. The second-order valence-corrected chi connectivity index (χ2v) is 9.05. The number of nitro groups is 1. The Kier molecular flexibility index (Phi) is 7.10. The van der Waals surface area contributed by atoms with Gasteiger partial charge < -0.3 is 13.8 Å². The normalized spacial score (nSPS) is 12.7. The van der Waals surface area contributed by atoms with Crippen molar-refractivity contribution < 1.29 is 23.3 Å². The van der Waals surface area contributed by atoms with Gasteiger partial charge in [-0.3, -0.25) is 10.1 Å². The summed E-state index contributed by atoms with van der Waals surface area (Å²) in [4.78, 5) is 10.9. The maximum Gasteiger partial charge on any atom is 0.456 e. The molecule has 0 saturated heterocycles. The number of benzene rings is 3. The second kappa shape index (κ2) is 9.77. The highest BCUT2D eigenvalue weighted by molar-refractivity contribution is 7.54. The molecule has 0 heterocycles. The van der Waals surface area contributed by atoms with Crippen LogP contribution in [0.1, 0.15) is 22.3 Å². The summed E-state index contributed by atoms with van der Waals surface area (Å²) < 4.78 is 30.9. The van der Waals surface area contributed by atoms with Gasteiger partial charge in [-0.15, -0.1) is 0 Å². The predicted molar refractivity (Wildman–Crippen MR) is 119 cm³/mol. The van der Waals surface area contributed by atoms with E-state index >= 15 is 0 Å². The predicted octanol–water partition coefficient (Wildman–Crippen LogP) is 6.35. The molecule has 3 rings (SSSR count). The maximum absolute atomic E-state index is 13.7. The number of nitro benzene ring substituents is 1. The molecule has 0 N–H and O–H groups in total. The van der Waals surface area contributed by atoms with Crippen LogP contribution in [0.2, 0.25) is 0 Å². The number of nitrogens with zero attached hydrogens (tertiary/aromatic N) is 1. The fourth-order valence-electron chi connectivity index (χ4n) is 3.01. The molecule has 0 spiro atoms. The number of hydrogen-bond donors (Lipinski definition) is 0.